The van der Waals surface area contributed by atoms with Gasteiger partial charge in [-0.1, -0.05) is 23.7 Å². The van der Waals surface area contributed by atoms with Crippen LogP contribution in [0, 0.1) is 0 Å². The molecule has 0 saturated carbocycles. The molecule has 2 aromatic rings. The molecule has 5 rings (SSSR count). The molecule has 2 saturated heterocycles. The Bertz CT molecular complexity index is 1120. The fourth-order valence-electron chi connectivity index (χ4n) is 4.53. The molecule has 11 heteroatoms. The molecule has 1 unspecified atom stereocenters. The molecular formula is C22H24ClN7O3. The first-order valence-electron chi connectivity index (χ1n) is 11.0. The number of piperazine rings is 1. The van der Waals surface area contributed by atoms with Gasteiger partial charge in [-0.2, -0.15) is 4.98 Å². The van der Waals surface area contributed by atoms with Gasteiger partial charge < -0.3 is 20.4 Å². The number of anilines is 2. The van der Waals surface area contributed by atoms with Crippen molar-refractivity contribution in [3.63, 3.8) is 0 Å². The van der Waals surface area contributed by atoms with Gasteiger partial charge in [0.25, 0.3) is 5.91 Å². The fraction of sp³-hybridized carbons (Fsp3) is 0.409. The second-order valence-electron chi connectivity index (χ2n) is 8.31. The van der Waals surface area contributed by atoms with Gasteiger partial charge in [-0.15, -0.1) is 0 Å². The van der Waals surface area contributed by atoms with E-state index in [9.17, 15) is 14.4 Å². The number of carbonyl (C=O) groups excluding carboxylic acids is 3. The lowest BCUT2D eigenvalue weighted by molar-refractivity contribution is -0.136. The quantitative estimate of drug-likeness (QED) is 0.436. The number of piperidine rings is 1. The summed E-state index contributed by atoms with van der Waals surface area (Å²) in [7, 11) is 0. The molecule has 33 heavy (non-hydrogen) atoms. The van der Waals surface area contributed by atoms with Crippen molar-refractivity contribution in [2.75, 3.05) is 36.4 Å². The normalized spacial score (nSPS) is 20.6. The number of aromatic nitrogens is 2. The van der Waals surface area contributed by atoms with Crippen molar-refractivity contribution in [2.45, 2.75) is 32.0 Å². The van der Waals surface area contributed by atoms with Crippen LogP contribution >= 0.6 is 11.6 Å². The van der Waals surface area contributed by atoms with Crippen LogP contribution in [0.3, 0.4) is 0 Å². The fourth-order valence-corrected chi connectivity index (χ4v) is 4.71. The predicted molar refractivity (Wildman–Crippen MR) is 122 cm³/mol. The Labute approximate surface area is 195 Å². The summed E-state index contributed by atoms with van der Waals surface area (Å²) < 4.78 is 0. The minimum atomic E-state index is -0.638. The highest BCUT2D eigenvalue weighted by atomic mass is 35.5. The van der Waals surface area contributed by atoms with E-state index in [-0.39, 0.29) is 18.2 Å². The average molecular weight is 470 g/mol. The topological polar surface area (TPSA) is 120 Å². The standard InChI is InChI=1S/C22H24ClN7O3/c23-17-10-18(29-8-6-24-7-9-29)27-22(26-17)25-11-13-2-1-3-14-15(13)12-30(21(14)33)16-4-5-19(31)28-20(16)32/h1-3,10,16,24H,4-9,11-12H2,(H,25,26,27)(H,28,31,32). The van der Waals surface area contributed by atoms with Crippen LogP contribution in [0.15, 0.2) is 24.3 Å². The van der Waals surface area contributed by atoms with E-state index in [2.05, 4.69) is 30.8 Å². The lowest BCUT2D eigenvalue weighted by Crippen LogP contribution is -2.52. The largest absolute Gasteiger partial charge is 0.354 e. The first-order valence-corrected chi connectivity index (χ1v) is 11.4. The van der Waals surface area contributed by atoms with Crippen LogP contribution in [-0.2, 0) is 22.7 Å². The summed E-state index contributed by atoms with van der Waals surface area (Å²) >= 11 is 6.25. The number of nitrogens with one attached hydrogen (secondary N) is 3. The van der Waals surface area contributed by atoms with E-state index in [4.69, 9.17) is 11.6 Å². The van der Waals surface area contributed by atoms with E-state index >= 15 is 0 Å². The molecule has 2 fully saturated rings. The molecule has 3 aliphatic heterocycles. The first kappa shape index (κ1) is 21.6. The Morgan fingerprint density at radius 2 is 1.97 bits per heavy atom. The Morgan fingerprint density at radius 1 is 1.15 bits per heavy atom. The van der Waals surface area contributed by atoms with Gasteiger partial charge >= 0.3 is 0 Å². The van der Waals surface area contributed by atoms with Crippen molar-refractivity contribution in [1.29, 1.82) is 0 Å². The molecule has 10 nitrogen and oxygen atoms in total. The number of halogens is 1. The predicted octanol–water partition coefficient (Wildman–Crippen LogP) is 0.913. The van der Waals surface area contributed by atoms with Crippen molar-refractivity contribution >= 4 is 41.1 Å². The molecule has 1 aromatic carbocycles. The molecule has 0 aliphatic carbocycles. The molecule has 0 spiro atoms. The number of benzene rings is 1. The summed E-state index contributed by atoms with van der Waals surface area (Å²) in [5.41, 5.74) is 2.36. The maximum Gasteiger partial charge on any atom is 0.255 e. The third kappa shape index (κ3) is 4.36. The number of carbonyl (C=O) groups is 3. The highest BCUT2D eigenvalue weighted by Gasteiger charge is 2.39. The summed E-state index contributed by atoms with van der Waals surface area (Å²) in [4.78, 5) is 49.4. The Morgan fingerprint density at radius 3 is 2.76 bits per heavy atom. The van der Waals surface area contributed by atoms with E-state index in [0.717, 1.165) is 43.1 Å². The zero-order chi connectivity index (χ0) is 22.9. The molecule has 3 aliphatic rings. The number of hydrogen-bond donors (Lipinski definition) is 3. The minimum Gasteiger partial charge on any atom is -0.354 e. The SMILES string of the molecule is O=C1CCC(N2Cc3c(CNc4nc(Cl)cc(N5CCNCC5)n4)cccc3C2=O)C(=O)N1. The number of nitrogens with zero attached hydrogens (tertiary/aromatic N) is 4. The first-order chi connectivity index (χ1) is 16.0. The third-order valence-electron chi connectivity index (χ3n) is 6.24. The highest BCUT2D eigenvalue weighted by Crippen LogP contribution is 2.30. The second kappa shape index (κ2) is 8.95. The number of imide groups is 1. The van der Waals surface area contributed by atoms with Crippen LogP contribution in [0.2, 0.25) is 5.15 Å². The number of hydrogen-bond acceptors (Lipinski definition) is 8. The smallest absolute Gasteiger partial charge is 0.255 e. The van der Waals surface area contributed by atoms with Gasteiger partial charge in [0.05, 0.1) is 0 Å². The molecule has 1 atom stereocenters. The van der Waals surface area contributed by atoms with E-state index < -0.39 is 11.9 Å². The zero-order valence-electron chi connectivity index (χ0n) is 17.9. The van der Waals surface area contributed by atoms with E-state index in [1.54, 1.807) is 17.0 Å². The maximum absolute atomic E-state index is 13.0. The van der Waals surface area contributed by atoms with Crippen molar-refractivity contribution in [3.8, 4) is 0 Å². The molecule has 1 aromatic heterocycles. The summed E-state index contributed by atoms with van der Waals surface area (Å²) in [6, 6.07) is 6.66. The van der Waals surface area contributed by atoms with Gasteiger partial charge in [-0.3, -0.25) is 19.7 Å². The molecule has 0 radical (unpaired) electrons. The van der Waals surface area contributed by atoms with Crippen molar-refractivity contribution in [2.24, 2.45) is 0 Å². The summed E-state index contributed by atoms with van der Waals surface area (Å²) in [5.74, 6) is 0.282. The molecular weight excluding hydrogens is 446 g/mol. The van der Waals surface area contributed by atoms with Gasteiger partial charge in [-0.25, -0.2) is 4.98 Å². The van der Waals surface area contributed by atoms with Crippen LogP contribution in [-0.4, -0.2) is 64.8 Å². The number of amides is 3. The van der Waals surface area contributed by atoms with Crippen molar-refractivity contribution < 1.29 is 14.4 Å². The third-order valence-corrected chi connectivity index (χ3v) is 6.43. The summed E-state index contributed by atoms with van der Waals surface area (Å²) in [6.07, 6.45) is 0.565. The summed E-state index contributed by atoms with van der Waals surface area (Å²) in [5, 5.41) is 9.24. The van der Waals surface area contributed by atoms with Crippen LogP contribution in [0.5, 0.6) is 0 Å². The van der Waals surface area contributed by atoms with Gasteiger partial charge in [0, 0.05) is 57.3 Å². The van der Waals surface area contributed by atoms with Gasteiger partial charge in [0.1, 0.15) is 17.0 Å². The van der Waals surface area contributed by atoms with E-state index in [1.807, 2.05) is 12.1 Å². The lowest BCUT2D eigenvalue weighted by Gasteiger charge is -2.29. The van der Waals surface area contributed by atoms with Crippen molar-refractivity contribution in [1.82, 2.24) is 25.5 Å². The Kier molecular flexibility index (Phi) is 5.86. The van der Waals surface area contributed by atoms with E-state index in [0.29, 0.717) is 36.2 Å². The number of rotatable bonds is 5. The lowest BCUT2D eigenvalue weighted by atomic mass is 10.0. The average Bonchev–Trinajstić information content (AvgIpc) is 3.15. The van der Waals surface area contributed by atoms with Crippen molar-refractivity contribution in [3.05, 3.63) is 46.1 Å². The van der Waals surface area contributed by atoms with Gasteiger partial charge in [0.15, 0.2) is 0 Å². The minimum absolute atomic E-state index is 0.193. The Balaban J connectivity index is 1.32. The van der Waals surface area contributed by atoms with Crippen LogP contribution in [0.1, 0.15) is 34.3 Å². The molecule has 172 valence electrons. The van der Waals surface area contributed by atoms with Crippen LogP contribution in [0.25, 0.3) is 0 Å². The van der Waals surface area contributed by atoms with Gasteiger partial charge in [-0.05, 0) is 23.6 Å². The highest BCUT2D eigenvalue weighted by molar-refractivity contribution is 6.29. The van der Waals surface area contributed by atoms with Crippen LogP contribution in [0.4, 0.5) is 11.8 Å². The van der Waals surface area contributed by atoms with E-state index in [1.165, 1.54) is 0 Å². The summed E-state index contributed by atoms with van der Waals surface area (Å²) in [6.45, 7) is 4.19. The molecule has 3 amide bonds. The Hall–Kier alpha value is -3.24. The molecule has 4 heterocycles. The monoisotopic (exact) mass is 469 g/mol. The number of fused-ring (bicyclic) bond motifs is 1. The van der Waals surface area contributed by atoms with Crippen LogP contribution < -0.4 is 20.9 Å². The zero-order valence-corrected chi connectivity index (χ0v) is 18.7. The second-order valence-corrected chi connectivity index (χ2v) is 8.69. The molecule has 3 N–H and O–H groups in total. The van der Waals surface area contributed by atoms with Gasteiger partial charge in [0.2, 0.25) is 17.8 Å². The maximum atomic E-state index is 13.0. The molecule has 0 bridgehead atoms.